The lowest BCUT2D eigenvalue weighted by Crippen LogP contribution is -2.13. The molecule has 0 aromatic rings. The molecule has 0 aliphatic carbocycles. The van der Waals surface area contributed by atoms with E-state index in [-0.39, 0.29) is 0 Å². The number of amides is 1. The van der Waals surface area contributed by atoms with Gasteiger partial charge in [-0.25, -0.2) is 9.10 Å². The van der Waals surface area contributed by atoms with Crippen LogP contribution in [-0.4, -0.2) is 15.5 Å². The maximum atomic E-state index is 10.0. The van der Waals surface area contributed by atoms with E-state index in [4.69, 9.17) is 5.11 Å². The van der Waals surface area contributed by atoms with Crippen molar-refractivity contribution in [1.29, 1.82) is 0 Å². The van der Waals surface area contributed by atoms with Crippen LogP contribution < -0.4 is 4.72 Å². The Balaban J connectivity index is 2.48. The molecule has 1 aliphatic heterocycles. The second-order valence-corrected chi connectivity index (χ2v) is 1.94. The minimum absolute atomic E-state index is 0.962. The molecule has 0 fully saturated rings. The third-order valence-electron chi connectivity index (χ3n) is 0.618. The van der Waals surface area contributed by atoms with Gasteiger partial charge in [0.25, 0.3) is 0 Å². The van der Waals surface area contributed by atoms with Crippen molar-refractivity contribution >= 4 is 18.2 Å². The van der Waals surface area contributed by atoms with Gasteiger partial charge in [0.05, 0.1) is 12.1 Å². The van der Waals surface area contributed by atoms with E-state index in [1.165, 1.54) is 6.20 Å². The van der Waals surface area contributed by atoms with Crippen LogP contribution in [0.2, 0.25) is 0 Å². The Labute approximate surface area is 50.4 Å². The lowest BCUT2D eigenvalue weighted by atomic mass is 10.9. The average Bonchev–Trinajstić information content (AvgIpc) is 2.12. The first kappa shape index (κ1) is 5.30. The van der Waals surface area contributed by atoms with Gasteiger partial charge < -0.3 is 9.83 Å². The molecule has 0 atom stereocenters. The Hall–Kier alpha value is -0.840. The molecular weight excluding hydrogens is 128 g/mol. The van der Waals surface area contributed by atoms with Gasteiger partial charge >= 0.3 is 6.09 Å². The number of nitrogens with zero attached hydrogens (tertiary/aromatic N) is 1. The molecule has 1 amide bonds. The zero-order valence-corrected chi connectivity index (χ0v) is 4.68. The van der Waals surface area contributed by atoms with Gasteiger partial charge in [0.1, 0.15) is 0 Å². The van der Waals surface area contributed by atoms with E-state index in [9.17, 15) is 4.79 Å². The molecular formula is C3H4N2O2S. The van der Waals surface area contributed by atoms with E-state index < -0.39 is 6.09 Å². The smallest absolute Gasteiger partial charge is 0.423 e. The zero-order valence-electron chi connectivity index (χ0n) is 3.87. The first-order chi connectivity index (χ1) is 3.80. The fraction of sp³-hybridized carbons (Fsp3) is 0. The molecule has 2 N–H and O–H groups in total. The molecule has 0 spiro atoms. The number of hydrogen-bond donors (Lipinski definition) is 2. The molecule has 0 bridgehead atoms. The number of carbonyl (C=O) groups is 1. The normalized spacial score (nSPS) is 16.2. The highest BCUT2D eigenvalue weighted by atomic mass is 32.2. The van der Waals surface area contributed by atoms with Crippen molar-refractivity contribution in [1.82, 2.24) is 9.03 Å². The SMILES string of the molecule is O=C(O)N1C=CNS1. The molecule has 44 valence electrons. The maximum absolute atomic E-state index is 10.0. The molecule has 0 saturated carbocycles. The van der Waals surface area contributed by atoms with Crippen LogP contribution >= 0.6 is 12.1 Å². The molecule has 0 aromatic carbocycles. The van der Waals surface area contributed by atoms with Gasteiger partial charge in [-0.1, -0.05) is 0 Å². The minimum Gasteiger partial charge on any atom is -0.464 e. The van der Waals surface area contributed by atoms with Crippen LogP contribution in [-0.2, 0) is 0 Å². The van der Waals surface area contributed by atoms with Gasteiger partial charge in [-0.15, -0.1) is 0 Å². The van der Waals surface area contributed by atoms with Crippen molar-refractivity contribution in [2.45, 2.75) is 0 Å². The summed E-state index contributed by atoms with van der Waals surface area (Å²) in [7, 11) is 0. The van der Waals surface area contributed by atoms with E-state index in [2.05, 4.69) is 4.72 Å². The van der Waals surface area contributed by atoms with Crippen LogP contribution in [0.1, 0.15) is 0 Å². The monoisotopic (exact) mass is 132 g/mol. The number of hydrogen-bond acceptors (Lipinski definition) is 3. The van der Waals surface area contributed by atoms with Crippen molar-refractivity contribution in [3.8, 4) is 0 Å². The predicted octanol–water partition coefficient (Wildman–Crippen LogP) is 0.604. The Morgan fingerprint density at radius 1 is 1.88 bits per heavy atom. The topological polar surface area (TPSA) is 52.6 Å². The maximum Gasteiger partial charge on any atom is 0.423 e. The largest absolute Gasteiger partial charge is 0.464 e. The number of nitrogens with one attached hydrogen (secondary N) is 1. The molecule has 8 heavy (non-hydrogen) atoms. The Kier molecular flexibility index (Phi) is 1.29. The second-order valence-electron chi connectivity index (χ2n) is 1.13. The van der Waals surface area contributed by atoms with Gasteiger partial charge in [0.15, 0.2) is 0 Å². The zero-order chi connectivity index (χ0) is 5.98. The highest BCUT2D eigenvalue weighted by Gasteiger charge is 2.11. The van der Waals surface area contributed by atoms with Crippen molar-refractivity contribution in [2.24, 2.45) is 0 Å². The highest BCUT2D eigenvalue weighted by molar-refractivity contribution is 7.96. The van der Waals surface area contributed by atoms with E-state index in [0.29, 0.717) is 0 Å². The van der Waals surface area contributed by atoms with Gasteiger partial charge in [0, 0.05) is 12.4 Å². The van der Waals surface area contributed by atoms with Crippen molar-refractivity contribution in [2.75, 3.05) is 0 Å². The molecule has 0 radical (unpaired) electrons. The average molecular weight is 132 g/mol. The molecule has 1 heterocycles. The summed E-state index contributed by atoms with van der Waals surface area (Å²) in [5.41, 5.74) is 0. The first-order valence-corrected chi connectivity index (χ1v) is 2.69. The summed E-state index contributed by atoms with van der Waals surface area (Å²) in [4.78, 5) is 10.0. The van der Waals surface area contributed by atoms with Crippen LogP contribution in [0.15, 0.2) is 12.4 Å². The molecule has 4 nitrogen and oxygen atoms in total. The van der Waals surface area contributed by atoms with Gasteiger partial charge in [-0.05, 0) is 0 Å². The van der Waals surface area contributed by atoms with Crippen LogP contribution in [0.25, 0.3) is 0 Å². The fourth-order valence-electron chi connectivity index (χ4n) is 0.319. The third kappa shape index (κ3) is 0.865. The Morgan fingerprint density at radius 2 is 2.62 bits per heavy atom. The molecule has 0 aromatic heterocycles. The summed E-state index contributed by atoms with van der Waals surface area (Å²) >= 11 is 1.02. The van der Waals surface area contributed by atoms with Crippen molar-refractivity contribution in [3.63, 3.8) is 0 Å². The summed E-state index contributed by atoms with van der Waals surface area (Å²) in [6.07, 6.45) is 2.03. The molecule has 5 heteroatoms. The minimum atomic E-state index is -0.962. The quantitative estimate of drug-likeness (QED) is 0.474. The molecule has 1 aliphatic rings. The third-order valence-corrected chi connectivity index (χ3v) is 1.33. The number of carboxylic acid groups (broad SMARTS) is 1. The summed E-state index contributed by atoms with van der Waals surface area (Å²) in [6.45, 7) is 0. The lowest BCUT2D eigenvalue weighted by molar-refractivity contribution is 0.184. The fourth-order valence-corrected chi connectivity index (χ4v) is 0.754. The van der Waals surface area contributed by atoms with E-state index in [1.54, 1.807) is 6.20 Å². The molecule has 0 unspecified atom stereocenters. The first-order valence-electron chi connectivity index (χ1n) is 1.92. The second kappa shape index (κ2) is 1.95. The van der Waals surface area contributed by atoms with Crippen LogP contribution in [0.4, 0.5) is 4.79 Å². The van der Waals surface area contributed by atoms with Crippen LogP contribution in [0.3, 0.4) is 0 Å². The van der Waals surface area contributed by atoms with E-state index >= 15 is 0 Å². The summed E-state index contributed by atoms with van der Waals surface area (Å²) in [6, 6.07) is 0. The van der Waals surface area contributed by atoms with Gasteiger partial charge in [0.2, 0.25) is 0 Å². The highest BCUT2D eigenvalue weighted by Crippen LogP contribution is 2.10. The Bertz CT molecular complexity index is 135. The molecule has 1 rings (SSSR count). The number of rotatable bonds is 0. The standard InChI is InChI=1S/C3H4N2O2S/c6-3(7)5-2-1-4-8-5/h1-2,4H,(H,6,7). The van der Waals surface area contributed by atoms with Crippen LogP contribution in [0.5, 0.6) is 0 Å². The van der Waals surface area contributed by atoms with Crippen molar-refractivity contribution < 1.29 is 9.90 Å². The van der Waals surface area contributed by atoms with Gasteiger partial charge in [-0.3, -0.25) is 0 Å². The van der Waals surface area contributed by atoms with Crippen LogP contribution in [0, 0.1) is 0 Å². The Morgan fingerprint density at radius 3 is 2.88 bits per heavy atom. The van der Waals surface area contributed by atoms with E-state index in [0.717, 1.165) is 16.4 Å². The van der Waals surface area contributed by atoms with Gasteiger partial charge in [-0.2, -0.15) is 0 Å². The van der Waals surface area contributed by atoms with Crippen molar-refractivity contribution in [3.05, 3.63) is 12.4 Å². The summed E-state index contributed by atoms with van der Waals surface area (Å²) in [5, 5.41) is 8.23. The lowest BCUT2D eigenvalue weighted by Gasteiger charge is -2.02. The summed E-state index contributed by atoms with van der Waals surface area (Å²) < 4.78 is 3.70. The predicted molar refractivity (Wildman–Crippen MR) is 29.7 cm³/mol. The molecule has 0 saturated heterocycles. The van der Waals surface area contributed by atoms with E-state index in [1.807, 2.05) is 0 Å². The summed E-state index contributed by atoms with van der Waals surface area (Å²) in [5.74, 6) is 0.